The maximum Gasteiger partial charge on any atom is 0.307 e. The summed E-state index contributed by atoms with van der Waals surface area (Å²) in [4.78, 5) is 30.1. The average molecular weight is 799 g/mol. The molecule has 1 aliphatic heterocycles. The SMILES string of the molecule is CCCCCCCCCCCCCCCCCCCCCC(=O)OCn1c(=O)ccc2ccc(OCCCCN3CCN(c4cccc(Cl)c4Cl)CC3)cc21. The highest BCUT2D eigenvalue weighted by Gasteiger charge is 2.19. The maximum absolute atomic E-state index is 12.8. The zero-order chi connectivity index (χ0) is 38.9. The van der Waals surface area contributed by atoms with Crippen molar-refractivity contribution in [1.82, 2.24) is 9.47 Å². The summed E-state index contributed by atoms with van der Waals surface area (Å²) in [6, 6.07) is 14.9. The van der Waals surface area contributed by atoms with Gasteiger partial charge in [-0.05, 0) is 61.5 Å². The number of esters is 1. The molecule has 7 nitrogen and oxygen atoms in total. The van der Waals surface area contributed by atoms with Crippen molar-refractivity contribution in [3.05, 3.63) is 68.9 Å². The molecule has 0 atom stereocenters. The van der Waals surface area contributed by atoms with Gasteiger partial charge in [0.25, 0.3) is 5.56 Å². The predicted molar refractivity (Wildman–Crippen MR) is 232 cm³/mol. The van der Waals surface area contributed by atoms with Crippen LogP contribution in [0.25, 0.3) is 10.9 Å². The zero-order valence-corrected chi connectivity index (χ0v) is 35.4. The molecule has 4 rings (SSSR count). The molecule has 9 heteroatoms. The molecule has 0 unspecified atom stereocenters. The first-order valence-electron chi connectivity index (χ1n) is 21.8. The lowest BCUT2D eigenvalue weighted by molar-refractivity contribution is -0.147. The largest absolute Gasteiger partial charge is 0.494 e. The fraction of sp³-hybridized carbons (Fsp3) is 0.652. The van der Waals surface area contributed by atoms with Crippen LogP contribution in [0.5, 0.6) is 5.75 Å². The molecule has 0 N–H and O–H groups in total. The van der Waals surface area contributed by atoms with E-state index in [0.717, 1.165) is 75.9 Å². The van der Waals surface area contributed by atoms with E-state index in [1.54, 1.807) is 6.07 Å². The second-order valence-electron chi connectivity index (χ2n) is 15.5. The Bertz CT molecular complexity index is 1570. The molecule has 1 aliphatic rings. The third kappa shape index (κ3) is 17.1. The summed E-state index contributed by atoms with van der Waals surface area (Å²) >= 11 is 12.7. The summed E-state index contributed by atoms with van der Waals surface area (Å²) in [6.07, 6.45) is 27.5. The lowest BCUT2D eigenvalue weighted by atomic mass is 10.0. The molecular weight excluding hydrogens is 729 g/mol. The number of carbonyl (C=O) groups is 1. The Balaban J connectivity index is 1.02. The second-order valence-corrected chi connectivity index (χ2v) is 16.3. The Kier molecular flexibility index (Phi) is 22.1. The number of hydrogen-bond acceptors (Lipinski definition) is 6. The van der Waals surface area contributed by atoms with Crippen LogP contribution in [0.2, 0.25) is 10.0 Å². The van der Waals surface area contributed by atoms with Gasteiger partial charge in [0.15, 0.2) is 6.73 Å². The Morgan fingerprint density at radius 1 is 0.673 bits per heavy atom. The number of aromatic nitrogens is 1. The number of hydrogen-bond donors (Lipinski definition) is 0. The summed E-state index contributed by atoms with van der Waals surface area (Å²) in [5.74, 6) is 0.456. The van der Waals surface area contributed by atoms with Gasteiger partial charge in [0, 0.05) is 44.7 Å². The van der Waals surface area contributed by atoms with Crippen molar-refractivity contribution in [2.24, 2.45) is 0 Å². The number of anilines is 1. The summed E-state index contributed by atoms with van der Waals surface area (Å²) in [5.41, 5.74) is 1.52. The maximum atomic E-state index is 12.8. The van der Waals surface area contributed by atoms with Gasteiger partial charge in [0.1, 0.15) is 5.75 Å². The smallest absolute Gasteiger partial charge is 0.307 e. The summed E-state index contributed by atoms with van der Waals surface area (Å²) in [7, 11) is 0. The highest BCUT2D eigenvalue weighted by Crippen LogP contribution is 2.33. The van der Waals surface area contributed by atoms with Gasteiger partial charge in [-0.15, -0.1) is 0 Å². The summed E-state index contributed by atoms with van der Waals surface area (Å²) < 4.78 is 13.2. The summed E-state index contributed by atoms with van der Waals surface area (Å²) in [5, 5.41) is 2.12. The molecule has 2 heterocycles. The predicted octanol–water partition coefficient (Wildman–Crippen LogP) is 12.6. The Labute approximate surface area is 342 Å². The lowest BCUT2D eigenvalue weighted by Gasteiger charge is -2.36. The minimum absolute atomic E-state index is 0.0889. The fourth-order valence-electron chi connectivity index (χ4n) is 7.62. The van der Waals surface area contributed by atoms with E-state index in [1.807, 2.05) is 36.4 Å². The van der Waals surface area contributed by atoms with Gasteiger partial charge < -0.3 is 14.4 Å². The molecule has 1 saturated heterocycles. The molecule has 1 fully saturated rings. The normalized spacial score (nSPS) is 13.5. The first-order valence-corrected chi connectivity index (χ1v) is 22.5. The average Bonchev–Trinajstić information content (AvgIpc) is 3.19. The Morgan fingerprint density at radius 2 is 1.25 bits per heavy atom. The van der Waals surface area contributed by atoms with Crippen LogP contribution in [0, 0.1) is 0 Å². The third-order valence-corrected chi connectivity index (χ3v) is 11.9. The van der Waals surface area contributed by atoms with Crippen LogP contribution in [-0.4, -0.2) is 54.8 Å². The van der Waals surface area contributed by atoms with Crippen LogP contribution in [0.3, 0.4) is 0 Å². The number of benzene rings is 2. The van der Waals surface area contributed by atoms with Crippen molar-refractivity contribution < 1.29 is 14.3 Å². The van der Waals surface area contributed by atoms with E-state index in [0.29, 0.717) is 34.3 Å². The molecule has 1 aromatic heterocycles. The van der Waals surface area contributed by atoms with Crippen molar-refractivity contribution in [3.63, 3.8) is 0 Å². The van der Waals surface area contributed by atoms with Crippen molar-refractivity contribution in [1.29, 1.82) is 0 Å². The van der Waals surface area contributed by atoms with E-state index in [1.165, 1.54) is 113 Å². The molecular formula is C46H69Cl2N3O4. The van der Waals surface area contributed by atoms with Gasteiger partial charge in [-0.3, -0.25) is 19.1 Å². The molecule has 55 heavy (non-hydrogen) atoms. The van der Waals surface area contributed by atoms with Crippen LogP contribution < -0.4 is 15.2 Å². The number of piperazine rings is 1. The van der Waals surface area contributed by atoms with E-state index in [2.05, 4.69) is 16.7 Å². The van der Waals surface area contributed by atoms with Crippen molar-refractivity contribution >= 4 is 45.8 Å². The van der Waals surface area contributed by atoms with Crippen LogP contribution in [0.4, 0.5) is 5.69 Å². The molecule has 0 aliphatic carbocycles. The molecule has 0 amide bonds. The van der Waals surface area contributed by atoms with Gasteiger partial charge in [0.2, 0.25) is 0 Å². The number of nitrogens with zero attached hydrogens (tertiary/aromatic N) is 3. The van der Waals surface area contributed by atoms with E-state index in [9.17, 15) is 9.59 Å². The van der Waals surface area contributed by atoms with Gasteiger partial charge in [-0.2, -0.15) is 0 Å². The molecule has 3 aromatic rings. The number of halogens is 2. The number of fused-ring (bicyclic) bond motifs is 1. The second kappa shape index (κ2) is 27.0. The highest BCUT2D eigenvalue weighted by molar-refractivity contribution is 6.43. The standard InChI is InChI=1S/C46H69Cl2N3O4/c1-2-3-4-5-6-7-8-9-10-11-12-13-14-15-16-17-18-19-20-26-45(53)55-38-51-43-37-40(29-27-39(43)28-30-44(51)52)54-36-22-21-31-49-32-34-50(35-33-49)42-25-23-24-41(47)46(42)48/h23-25,27-30,37H,2-22,26,31-36,38H2,1H3. The minimum atomic E-state index is -0.252. The quantitative estimate of drug-likeness (QED) is 0.0515. The van der Waals surface area contributed by atoms with E-state index in [-0.39, 0.29) is 18.3 Å². The molecule has 306 valence electrons. The van der Waals surface area contributed by atoms with Crippen LogP contribution in [-0.2, 0) is 16.3 Å². The van der Waals surface area contributed by atoms with Crippen molar-refractivity contribution in [2.45, 2.75) is 155 Å². The van der Waals surface area contributed by atoms with Crippen LogP contribution in [0.15, 0.2) is 53.3 Å². The monoisotopic (exact) mass is 797 g/mol. The van der Waals surface area contributed by atoms with Gasteiger partial charge >= 0.3 is 5.97 Å². The zero-order valence-electron chi connectivity index (χ0n) is 33.9. The van der Waals surface area contributed by atoms with Crippen LogP contribution in [0.1, 0.15) is 148 Å². The highest BCUT2D eigenvalue weighted by atomic mass is 35.5. The molecule has 0 radical (unpaired) electrons. The molecule has 0 spiro atoms. The van der Waals surface area contributed by atoms with E-state index < -0.39 is 0 Å². The van der Waals surface area contributed by atoms with E-state index >= 15 is 0 Å². The van der Waals surface area contributed by atoms with Crippen molar-refractivity contribution in [3.8, 4) is 5.75 Å². The molecule has 2 aromatic carbocycles. The molecule has 0 saturated carbocycles. The minimum Gasteiger partial charge on any atom is -0.494 e. The Hall–Kier alpha value is -2.74. The lowest BCUT2D eigenvalue weighted by Crippen LogP contribution is -2.46. The summed E-state index contributed by atoms with van der Waals surface area (Å²) in [6.45, 7) is 7.61. The van der Waals surface area contributed by atoms with Gasteiger partial charge in [-0.1, -0.05) is 152 Å². The van der Waals surface area contributed by atoms with Crippen LogP contribution >= 0.6 is 23.2 Å². The van der Waals surface area contributed by atoms with Crippen molar-refractivity contribution in [2.75, 3.05) is 44.2 Å². The number of unbranched alkanes of at least 4 members (excludes halogenated alkanes) is 19. The number of carbonyl (C=O) groups excluding carboxylic acids is 1. The van der Waals surface area contributed by atoms with E-state index in [4.69, 9.17) is 32.7 Å². The fourth-order valence-corrected chi connectivity index (χ4v) is 8.04. The van der Waals surface area contributed by atoms with Gasteiger partial charge in [-0.25, -0.2) is 0 Å². The Morgan fingerprint density at radius 3 is 1.87 bits per heavy atom. The molecule has 0 bridgehead atoms. The number of ether oxygens (including phenoxy) is 2. The number of rotatable bonds is 29. The van der Waals surface area contributed by atoms with Gasteiger partial charge in [0.05, 0.1) is 27.9 Å². The number of pyridine rings is 1. The first kappa shape index (κ1) is 45.0. The third-order valence-electron chi connectivity index (χ3n) is 11.1. The first-order chi connectivity index (χ1) is 27.0. The topological polar surface area (TPSA) is 64.0 Å².